The van der Waals surface area contributed by atoms with Crippen molar-refractivity contribution in [3.05, 3.63) is 164 Å². The van der Waals surface area contributed by atoms with Gasteiger partial charge in [-0.05, 0) is 64.4 Å². The molecule has 0 amide bonds. The highest BCUT2D eigenvalue weighted by atomic mass is 32.1. The molecule has 4 heterocycles. The number of hydrogen-bond donors (Lipinski definition) is 0. The van der Waals surface area contributed by atoms with Gasteiger partial charge >= 0.3 is 0 Å². The Kier molecular flexibility index (Phi) is 6.09. The molecule has 246 valence electrons. The second kappa shape index (κ2) is 11.1. The molecule has 3 nitrogen and oxygen atoms in total. The third-order valence-electron chi connectivity index (χ3n) is 10.8. The predicted molar refractivity (Wildman–Crippen MR) is 228 cm³/mol. The van der Waals surface area contributed by atoms with Crippen molar-refractivity contribution in [2.75, 3.05) is 0 Å². The smallest absolute Gasteiger partial charge is 0.165 e. The molecule has 0 unspecified atom stereocenters. The second-order valence-corrected chi connectivity index (χ2v) is 15.8. The third-order valence-corrected chi connectivity index (χ3v) is 13.2. The number of thiophene rings is 2. The molecular formula is C48H27N3S2. The maximum atomic E-state index is 5.43. The van der Waals surface area contributed by atoms with E-state index in [1.54, 1.807) is 0 Å². The molecule has 12 rings (SSSR count). The summed E-state index contributed by atoms with van der Waals surface area (Å²) in [6, 6.07) is 59.2. The molecule has 4 aromatic heterocycles. The van der Waals surface area contributed by atoms with Crippen LogP contribution in [0.25, 0.3) is 112 Å². The summed E-state index contributed by atoms with van der Waals surface area (Å²) >= 11 is 3.74. The van der Waals surface area contributed by atoms with Crippen LogP contribution in [-0.2, 0) is 0 Å². The van der Waals surface area contributed by atoms with Gasteiger partial charge < -0.3 is 0 Å². The molecule has 0 spiro atoms. The fourth-order valence-corrected chi connectivity index (χ4v) is 10.8. The van der Waals surface area contributed by atoms with E-state index in [-0.39, 0.29) is 0 Å². The topological polar surface area (TPSA) is 30.7 Å². The minimum absolute atomic E-state index is 0.832. The number of hydrogen-bond acceptors (Lipinski definition) is 4. The monoisotopic (exact) mass is 709 g/mol. The fourth-order valence-electron chi connectivity index (χ4n) is 8.34. The summed E-state index contributed by atoms with van der Waals surface area (Å²) in [5.41, 5.74) is 8.30. The summed E-state index contributed by atoms with van der Waals surface area (Å²) in [5.74, 6) is 0.832. The Morgan fingerprint density at radius 3 is 2.04 bits per heavy atom. The molecule has 0 saturated carbocycles. The van der Waals surface area contributed by atoms with E-state index in [0.29, 0.717) is 0 Å². The third kappa shape index (κ3) is 4.26. The molecule has 0 bridgehead atoms. The first-order valence-electron chi connectivity index (χ1n) is 17.8. The highest BCUT2D eigenvalue weighted by Crippen LogP contribution is 2.45. The van der Waals surface area contributed by atoms with Crippen molar-refractivity contribution in [3.8, 4) is 28.2 Å². The molecule has 5 heteroatoms. The van der Waals surface area contributed by atoms with E-state index < -0.39 is 0 Å². The first-order chi connectivity index (χ1) is 26.3. The Hall–Kier alpha value is -6.40. The van der Waals surface area contributed by atoms with E-state index in [9.17, 15) is 0 Å². The van der Waals surface area contributed by atoms with Crippen LogP contribution >= 0.6 is 22.7 Å². The standard InChI is InChI=1S/C48H27N3S2/c1-2-14-31-28(11-1)23-24-36-35-18-10-17-32(47(35)53-46(31)36)29-12-9-13-30(25-29)45-48(50-40-20-6-5-19-39(40)49-45)51-41-21-7-3-15-33(41)37-26-38-34-16-4-8-22-43(34)52-44(38)27-42(37)51/h1-27H. The lowest BCUT2D eigenvalue weighted by molar-refractivity contribution is 1.08. The number of aromatic nitrogens is 3. The molecule has 0 saturated heterocycles. The molecule has 12 aromatic rings. The van der Waals surface area contributed by atoms with Crippen LogP contribution in [0.15, 0.2) is 164 Å². The molecule has 8 aromatic carbocycles. The van der Waals surface area contributed by atoms with Gasteiger partial charge in [-0.1, -0.05) is 121 Å². The van der Waals surface area contributed by atoms with E-state index in [2.05, 4.69) is 156 Å². The SMILES string of the molecule is c1cc(-c2nc3ccccc3nc2-n2c3ccccc3c3cc4c(cc32)sc2ccccc24)cc(-c2cccc3c2sc2c4ccccc4ccc32)c1. The van der Waals surface area contributed by atoms with Crippen molar-refractivity contribution in [2.45, 2.75) is 0 Å². The summed E-state index contributed by atoms with van der Waals surface area (Å²) in [7, 11) is 0. The normalized spacial score (nSPS) is 12.2. The lowest BCUT2D eigenvalue weighted by Crippen LogP contribution is -2.03. The molecular weight excluding hydrogens is 683 g/mol. The molecule has 0 aliphatic carbocycles. The quantitative estimate of drug-likeness (QED) is 0.183. The van der Waals surface area contributed by atoms with Gasteiger partial charge in [-0.15, -0.1) is 22.7 Å². The Morgan fingerprint density at radius 2 is 1.11 bits per heavy atom. The van der Waals surface area contributed by atoms with Crippen LogP contribution in [0.4, 0.5) is 0 Å². The molecule has 0 N–H and O–H groups in total. The van der Waals surface area contributed by atoms with Crippen molar-refractivity contribution in [1.82, 2.24) is 14.5 Å². The van der Waals surface area contributed by atoms with Gasteiger partial charge in [-0.25, -0.2) is 9.97 Å². The summed E-state index contributed by atoms with van der Waals surface area (Å²) in [5, 5.41) is 10.2. The maximum absolute atomic E-state index is 5.43. The van der Waals surface area contributed by atoms with Gasteiger partial charge in [-0.3, -0.25) is 4.57 Å². The highest BCUT2D eigenvalue weighted by molar-refractivity contribution is 7.27. The van der Waals surface area contributed by atoms with Crippen LogP contribution in [0.2, 0.25) is 0 Å². The zero-order valence-electron chi connectivity index (χ0n) is 28.2. The number of rotatable bonds is 3. The Labute approximate surface area is 311 Å². The molecule has 0 radical (unpaired) electrons. The summed E-state index contributed by atoms with van der Waals surface area (Å²) in [4.78, 5) is 10.8. The van der Waals surface area contributed by atoms with Crippen molar-refractivity contribution in [2.24, 2.45) is 0 Å². The van der Waals surface area contributed by atoms with Gasteiger partial charge in [-0.2, -0.15) is 0 Å². The van der Waals surface area contributed by atoms with Crippen molar-refractivity contribution >= 4 is 107 Å². The Balaban J connectivity index is 1.12. The predicted octanol–water partition coefficient (Wildman–Crippen LogP) is 13.9. The van der Waals surface area contributed by atoms with Crippen LogP contribution in [0.3, 0.4) is 0 Å². The number of para-hydroxylation sites is 3. The highest BCUT2D eigenvalue weighted by Gasteiger charge is 2.21. The van der Waals surface area contributed by atoms with Gasteiger partial charge in [0.1, 0.15) is 5.69 Å². The van der Waals surface area contributed by atoms with Crippen LogP contribution in [0.5, 0.6) is 0 Å². The van der Waals surface area contributed by atoms with Crippen LogP contribution in [0.1, 0.15) is 0 Å². The van der Waals surface area contributed by atoms with Crippen molar-refractivity contribution in [1.29, 1.82) is 0 Å². The van der Waals surface area contributed by atoms with Crippen molar-refractivity contribution in [3.63, 3.8) is 0 Å². The summed E-state index contributed by atoms with van der Waals surface area (Å²) in [6.07, 6.45) is 0. The first kappa shape index (κ1) is 29.2. The van der Waals surface area contributed by atoms with Gasteiger partial charge in [0.15, 0.2) is 5.82 Å². The number of fused-ring (bicyclic) bond motifs is 12. The van der Waals surface area contributed by atoms with E-state index in [1.807, 2.05) is 34.8 Å². The lowest BCUT2D eigenvalue weighted by Gasteiger charge is -2.14. The van der Waals surface area contributed by atoms with E-state index in [1.165, 1.54) is 73.0 Å². The zero-order valence-corrected chi connectivity index (χ0v) is 29.9. The minimum Gasteiger partial charge on any atom is -0.292 e. The average Bonchev–Trinajstić information content (AvgIpc) is 3.89. The minimum atomic E-state index is 0.832. The van der Waals surface area contributed by atoms with Crippen LogP contribution in [-0.4, -0.2) is 14.5 Å². The zero-order chi connectivity index (χ0) is 34.6. The number of benzene rings is 8. The second-order valence-electron chi connectivity index (χ2n) is 13.7. The largest absolute Gasteiger partial charge is 0.292 e. The molecule has 53 heavy (non-hydrogen) atoms. The van der Waals surface area contributed by atoms with Crippen molar-refractivity contribution < 1.29 is 0 Å². The summed E-state index contributed by atoms with van der Waals surface area (Å²) in [6.45, 7) is 0. The molecule has 0 aliphatic heterocycles. The van der Waals surface area contributed by atoms with Gasteiger partial charge in [0.25, 0.3) is 0 Å². The Bertz CT molecular complexity index is 3480. The van der Waals surface area contributed by atoms with Crippen LogP contribution < -0.4 is 0 Å². The molecule has 0 fully saturated rings. The molecule has 0 aliphatic rings. The Morgan fingerprint density at radius 1 is 0.396 bits per heavy atom. The van der Waals surface area contributed by atoms with Crippen LogP contribution in [0, 0.1) is 0 Å². The van der Waals surface area contributed by atoms with E-state index in [4.69, 9.17) is 9.97 Å². The maximum Gasteiger partial charge on any atom is 0.165 e. The van der Waals surface area contributed by atoms with Gasteiger partial charge in [0.2, 0.25) is 0 Å². The molecule has 0 atom stereocenters. The first-order valence-corrected chi connectivity index (χ1v) is 19.5. The van der Waals surface area contributed by atoms with E-state index >= 15 is 0 Å². The van der Waals surface area contributed by atoms with Gasteiger partial charge in [0.05, 0.1) is 22.1 Å². The van der Waals surface area contributed by atoms with E-state index in [0.717, 1.165) is 39.1 Å². The number of nitrogens with zero attached hydrogens (tertiary/aromatic N) is 3. The fraction of sp³-hybridized carbons (Fsp3) is 0. The lowest BCUT2D eigenvalue weighted by atomic mass is 9.99. The van der Waals surface area contributed by atoms with Gasteiger partial charge in [0, 0.05) is 56.7 Å². The average molecular weight is 710 g/mol. The summed E-state index contributed by atoms with van der Waals surface area (Å²) < 4.78 is 7.55.